The molecule has 7 heteroatoms. The van der Waals surface area contributed by atoms with Crippen LogP contribution in [0.1, 0.15) is 23.9 Å². The standard InChI is InChI=1S/C18H17N5O2/c1-10(2)16-13(20-9-21-16)8-15-18(25)22-14(17(24)23-15)7-11-4-3-5-12(19)6-11/h3-9H,1,19H2,2H3,(H,20,21)(H,22,25)(H,23,24)/b14-7-,15-8-. The van der Waals surface area contributed by atoms with Crippen LogP contribution in [0.25, 0.3) is 17.7 Å². The normalized spacial score (nSPS) is 12.5. The topological polar surface area (TPSA) is 120 Å². The summed E-state index contributed by atoms with van der Waals surface area (Å²) in [5.41, 5.74) is 8.16. The predicted molar refractivity (Wildman–Crippen MR) is 98.2 cm³/mol. The Hall–Kier alpha value is -3.61. The molecule has 0 atom stereocenters. The third-order valence-electron chi connectivity index (χ3n) is 3.57. The minimum absolute atomic E-state index is 0.126. The maximum Gasteiger partial charge on any atom is 0.272 e. The summed E-state index contributed by atoms with van der Waals surface area (Å²) in [6.07, 6.45) is 4.60. The molecule has 0 fully saturated rings. The average Bonchev–Trinajstić information content (AvgIpc) is 3.01. The van der Waals surface area contributed by atoms with Gasteiger partial charge < -0.3 is 20.7 Å². The molecule has 2 aromatic heterocycles. The maximum atomic E-state index is 12.3. The fourth-order valence-corrected chi connectivity index (χ4v) is 2.41. The largest absolute Gasteiger partial charge is 0.399 e. The first-order valence-electron chi connectivity index (χ1n) is 7.55. The molecule has 1 aromatic carbocycles. The monoisotopic (exact) mass is 335 g/mol. The number of nitrogens with one attached hydrogen (secondary N) is 3. The van der Waals surface area contributed by atoms with Crippen LogP contribution in [-0.2, 0) is 0 Å². The molecule has 0 saturated carbocycles. The number of hydrogen-bond acceptors (Lipinski definition) is 4. The number of nitrogens with zero attached hydrogens (tertiary/aromatic N) is 1. The molecule has 0 saturated heterocycles. The summed E-state index contributed by atoms with van der Waals surface area (Å²) in [5.74, 6) is 0. The minimum atomic E-state index is -0.419. The molecule has 0 unspecified atom stereocenters. The summed E-state index contributed by atoms with van der Waals surface area (Å²) >= 11 is 0. The molecule has 0 bridgehead atoms. The van der Waals surface area contributed by atoms with Crippen molar-refractivity contribution in [2.24, 2.45) is 0 Å². The fraction of sp³-hybridized carbons (Fsp3) is 0.0556. The Bertz CT molecular complexity index is 1180. The van der Waals surface area contributed by atoms with Crippen LogP contribution in [0.4, 0.5) is 5.69 Å². The van der Waals surface area contributed by atoms with Gasteiger partial charge in [0.25, 0.3) is 11.1 Å². The number of H-pyrrole nitrogens is 3. The molecule has 5 N–H and O–H groups in total. The molecule has 7 nitrogen and oxygen atoms in total. The summed E-state index contributed by atoms with van der Waals surface area (Å²) in [7, 11) is 0. The number of rotatable bonds is 3. The lowest BCUT2D eigenvalue weighted by atomic mass is 10.2. The van der Waals surface area contributed by atoms with Gasteiger partial charge in [-0.1, -0.05) is 18.7 Å². The Morgan fingerprint density at radius 2 is 1.84 bits per heavy atom. The number of aromatic nitrogens is 4. The number of nitrogens with two attached hydrogens (primary N) is 1. The van der Waals surface area contributed by atoms with E-state index in [1.165, 1.54) is 12.4 Å². The molecule has 0 spiro atoms. The zero-order chi connectivity index (χ0) is 18.0. The lowest BCUT2D eigenvalue weighted by Crippen LogP contribution is -2.46. The van der Waals surface area contributed by atoms with Crippen molar-refractivity contribution in [3.8, 4) is 0 Å². The Balaban J connectivity index is 2.15. The highest BCUT2D eigenvalue weighted by Crippen LogP contribution is 2.12. The Labute approximate surface area is 142 Å². The number of imidazole rings is 1. The third-order valence-corrected chi connectivity index (χ3v) is 3.57. The molecule has 3 aromatic rings. The van der Waals surface area contributed by atoms with E-state index in [1.807, 2.05) is 6.92 Å². The van der Waals surface area contributed by atoms with Crippen molar-refractivity contribution in [2.75, 3.05) is 5.73 Å². The van der Waals surface area contributed by atoms with Crippen molar-refractivity contribution < 1.29 is 0 Å². The molecule has 0 aliphatic heterocycles. The molecule has 126 valence electrons. The SMILES string of the molecule is C=C(C)c1nc[nH]c1/C=c1\[nH]c(=O)/c(=C/c2cccc(N)c2)[nH]c1=O. The van der Waals surface area contributed by atoms with E-state index in [4.69, 9.17) is 5.73 Å². The number of aromatic amines is 3. The Kier molecular flexibility index (Phi) is 4.21. The third kappa shape index (κ3) is 3.50. The van der Waals surface area contributed by atoms with E-state index >= 15 is 0 Å². The zero-order valence-electron chi connectivity index (χ0n) is 13.6. The van der Waals surface area contributed by atoms with Gasteiger partial charge >= 0.3 is 0 Å². The number of anilines is 1. The highest BCUT2D eigenvalue weighted by atomic mass is 16.1. The van der Waals surface area contributed by atoms with E-state index < -0.39 is 11.1 Å². The molecule has 0 radical (unpaired) electrons. The second kappa shape index (κ2) is 6.48. The van der Waals surface area contributed by atoms with Gasteiger partial charge in [0.05, 0.1) is 17.7 Å². The summed E-state index contributed by atoms with van der Waals surface area (Å²) in [5, 5.41) is 0.277. The van der Waals surface area contributed by atoms with Crippen LogP contribution >= 0.6 is 0 Å². The lowest BCUT2D eigenvalue weighted by molar-refractivity contribution is 1.00. The second-order valence-corrected chi connectivity index (χ2v) is 5.64. The molecular formula is C18H17N5O2. The van der Waals surface area contributed by atoms with Crippen molar-refractivity contribution in [1.29, 1.82) is 0 Å². The maximum absolute atomic E-state index is 12.3. The van der Waals surface area contributed by atoms with Gasteiger partial charge in [0.15, 0.2) is 0 Å². The van der Waals surface area contributed by atoms with Crippen LogP contribution in [0.5, 0.6) is 0 Å². The quantitative estimate of drug-likeness (QED) is 0.506. The van der Waals surface area contributed by atoms with E-state index in [-0.39, 0.29) is 10.7 Å². The number of benzene rings is 1. The van der Waals surface area contributed by atoms with Crippen LogP contribution in [-0.4, -0.2) is 19.9 Å². The first-order chi connectivity index (χ1) is 11.9. The molecule has 25 heavy (non-hydrogen) atoms. The van der Waals surface area contributed by atoms with Gasteiger partial charge in [-0.15, -0.1) is 0 Å². The van der Waals surface area contributed by atoms with Crippen LogP contribution < -0.4 is 27.6 Å². The van der Waals surface area contributed by atoms with Crippen LogP contribution in [0.3, 0.4) is 0 Å². The molecular weight excluding hydrogens is 318 g/mol. The summed E-state index contributed by atoms with van der Waals surface area (Å²) in [4.78, 5) is 36.8. The fourth-order valence-electron chi connectivity index (χ4n) is 2.41. The Morgan fingerprint density at radius 1 is 1.16 bits per heavy atom. The molecule has 3 rings (SSSR count). The highest BCUT2D eigenvalue weighted by molar-refractivity contribution is 5.66. The van der Waals surface area contributed by atoms with Crippen molar-refractivity contribution >= 4 is 23.4 Å². The van der Waals surface area contributed by atoms with Crippen molar-refractivity contribution in [3.05, 3.63) is 85.5 Å². The highest BCUT2D eigenvalue weighted by Gasteiger charge is 2.04. The van der Waals surface area contributed by atoms with Crippen LogP contribution in [0.15, 0.2) is 46.8 Å². The summed E-state index contributed by atoms with van der Waals surface area (Å²) in [6, 6.07) is 7.01. The number of hydrogen-bond donors (Lipinski definition) is 4. The second-order valence-electron chi connectivity index (χ2n) is 5.64. The molecule has 0 amide bonds. The first kappa shape index (κ1) is 16.3. The van der Waals surface area contributed by atoms with Gasteiger partial charge in [0.2, 0.25) is 0 Å². The predicted octanol–water partition coefficient (Wildman–Crippen LogP) is 0.0592. The molecule has 0 aliphatic rings. The van der Waals surface area contributed by atoms with Crippen molar-refractivity contribution in [1.82, 2.24) is 19.9 Å². The molecule has 2 heterocycles. The van der Waals surface area contributed by atoms with Crippen molar-refractivity contribution in [2.45, 2.75) is 6.92 Å². The van der Waals surface area contributed by atoms with Crippen LogP contribution in [0, 0.1) is 0 Å². The summed E-state index contributed by atoms with van der Waals surface area (Å²) < 4.78 is 0. The zero-order valence-corrected chi connectivity index (χ0v) is 13.6. The van der Waals surface area contributed by atoms with E-state index in [2.05, 4.69) is 26.5 Å². The first-order valence-corrected chi connectivity index (χ1v) is 7.55. The molecule has 0 aliphatic carbocycles. The average molecular weight is 335 g/mol. The smallest absolute Gasteiger partial charge is 0.272 e. The summed E-state index contributed by atoms with van der Waals surface area (Å²) in [6.45, 7) is 5.64. The number of allylic oxidation sites excluding steroid dienone is 1. The van der Waals surface area contributed by atoms with E-state index in [0.29, 0.717) is 17.1 Å². The number of nitrogen functional groups attached to an aromatic ring is 1. The van der Waals surface area contributed by atoms with Gasteiger partial charge in [-0.3, -0.25) is 9.59 Å². The van der Waals surface area contributed by atoms with Gasteiger partial charge in [-0.25, -0.2) is 4.98 Å². The van der Waals surface area contributed by atoms with Gasteiger partial charge in [-0.2, -0.15) is 0 Å². The Morgan fingerprint density at radius 3 is 2.48 bits per heavy atom. The lowest BCUT2D eigenvalue weighted by Gasteiger charge is -1.97. The van der Waals surface area contributed by atoms with E-state index in [9.17, 15) is 9.59 Å². The van der Waals surface area contributed by atoms with E-state index in [1.54, 1.807) is 30.3 Å². The van der Waals surface area contributed by atoms with Gasteiger partial charge in [-0.05, 0) is 42.3 Å². The minimum Gasteiger partial charge on any atom is -0.399 e. The van der Waals surface area contributed by atoms with Gasteiger partial charge in [0, 0.05) is 5.69 Å². The van der Waals surface area contributed by atoms with E-state index in [0.717, 1.165) is 11.1 Å². The van der Waals surface area contributed by atoms with Gasteiger partial charge in [0.1, 0.15) is 10.7 Å². The van der Waals surface area contributed by atoms with Crippen LogP contribution in [0.2, 0.25) is 0 Å². The van der Waals surface area contributed by atoms with Crippen molar-refractivity contribution in [3.63, 3.8) is 0 Å².